The maximum Gasteiger partial charge on any atom is 0.300 e. The minimum Gasteiger partial charge on any atom is -0.507 e. The summed E-state index contributed by atoms with van der Waals surface area (Å²) in [5.74, 6) is -1.09. The first-order valence-corrected chi connectivity index (χ1v) is 9.59. The predicted molar refractivity (Wildman–Crippen MR) is 115 cm³/mol. The van der Waals surface area contributed by atoms with Gasteiger partial charge in [-0.3, -0.25) is 14.5 Å². The number of methoxy groups -OCH3 is 1. The minimum absolute atomic E-state index is 0.0391. The minimum atomic E-state index is -0.817. The summed E-state index contributed by atoms with van der Waals surface area (Å²) in [6.45, 7) is 1.92. The van der Waals surface area contributed by atoms with Crippen LogP contribution in [0.15, 0.2) is 84.4 Å². The van der Waals surface area contributed by atoms with E-state index >= 15 is 0 Å². The molecule has 30 heavy (non-hydrogen) atoms. The third-order valence-electron chi connectivity index (χ3n) is 5.20. The van der Waals surface area contributed by atoms with E-state index in [1.165, 1.54) is 12.0 Å². The van der Waals surface area contributed by atoms with Crippen molar-refractivity contribution in [3.8, 4) is 5.75 Å². The van der Waals surface area contributed by atoms with Crippen LogP contribution in [0.5, 0.6) is 5.75 Å². The molecule has 1 saturated heterocycles. The third kappa shape index (κ3) is 3.24. The molecule has 0 aliphatic carbocycles. The van der Waals surface area contributed by atoms with Crippen LogP contribution in [-0.4, -0.2) is 23.9 Å². The summed E-state index contributed by atoms with van der Waals surface area (Å²) >= 11 is 0. The van der Waals surface area contributed by atoms with Gasteiger partial charge in [0.2, 0.25) is 0 Å². The number of hydrogen-bond donors (Lipinski definition) is 1. The molecule has 5 nitrogen and oxygen atoms in total. The Morgan fingerprint density at radius 2 is 1.63 bits per heavy atom. The summed E-state index contributed by atoms with van der Waals surface area (Å²) in [6.07, 6.45) is 0. The second-order valence-electron chi connectivity index (χ2n) is 7.12. The van der Waals surface area contributed by atoms with Crippen molar-refractivity contribution in [2.75, 3.05) is 12.0 Å². The molecule has 150 valence electrons. The SMILES string of the molecule is COc1ccccc1[C@@H]1/C(=C(\O)c2ccccc2)C(=O)C(=O)N1c1cccc(C)c1. The molecule has 0 aromatic heterocycles. The van der Waals surface area contributed by atoms with Gasteiger partial charge in [0.25, 0.3) is 11.7 Å². The fraction of sp³-hybridized carbons (Fsp3) is 0.120. The van der Waals surface area contributed by atoms with Crippen LogP contribution in [0.3, 0.4) is 0 Å². The average Bonchev–Trinajstić information content (AvgIpc) is 3.04. The number of anilines is 1. The summed E-state index contributed by atoms with van der Waals surface area (Å²) in [7, 11) is 1.54. The van der Waals surface area contributed by atoms with E-state index in [0.29, 0.717) is 22.6 Å². The number of ketones is 1. The number of rotatable bonds is 4. The van der Waals surface area contributed by atoms with Crippen molar-refractivity contribution in [2.45, 2.75) is 13.0 Å². The normalized spacial score (nSPS) is 17.9. The summed E-state index contributed by atoms with van der Waals surface area (Å²) < 4.78 is 5.52. The second kappa shape index (κ2) is 7.87. The zero-order chi connectivity index (χ0) is 21.3. The number of para-hydroxylation sites is 1. The number of Topliss-reactive ketones (excluding diaryl/α,β-unsaturated/α-hetero) is 1. The first-order valence-electron chi connectivity index (χ1n) is 9.59. The van der Waals surface area contributed by atoms with Crippen LogP contribution in [-0.2, 0) is 9.59 Å². The second-order valence-corrected chi connectivity index (χ2v) is 7.12. The molecular formula is C25H21NO4. The highest BCUT2D eigenvalue weighted by Crippen LogP contribution is 2.44. The average molecular weight is 399 g/mol. The van der Waals surface area contributed by atoms with E-state index in [1.54, 1.807) is 42.5 Å². The fourth-order valence-electron chi connectivity index (χ4n) is 3.81. The molecule has 1 heterocycles. The molecule has 0 saturated carbocycles. The highest BCUT2D eigenvalue weighted by molar-refractivity contribution is 6.51. The van der Waals surface area contributed by atoms with E-state index in [9.17, 15) is 14.7 Å². The Balaban J connectivity index is 2.00. The molecule has 1 fully saturated rings. The van der Waals surface area contributed by atoms with Gasteiger partial charge in [-0.2, -0.15) is 0 Å². The zero-order valence-corrected chi connectivity index (χ0v) is 16.7. The van der Waals surface area contributed by atoms with E-state index in [-0.39, 0.29) is 11.3 Å². The molecule has 3 aromatic rings. The van der Waals surface area contributed by atoms with Gasteiger partial charge in [0.1, 0.15) is 11.5 Å². The molecular weight excluding hydrogens is 378 g/mol. The maximum absolute atomic E-state index is 13.1. The van der Waals surface area contributed by atoms with Crippen LogP contribution in [0.1, 0.15) is 22.7 Å². The molecule has 1 amide bonds. The van der Waals surface area contributed by atoms with Crippen LogP contribution >= 0.6 is 0 Å². The lowest BCUT2D eigenvalue weighted by molar-refractivity contribution is -0.132. The summed E-state index contributed by atoms with van der Waals surface area (Å²) in [4.78, 5) is 27.7. The van der Waals surface area contributed by atoms with Gasteiger partial charge < -0.3 is 9.84 Å². The van der Waals surface area contributed by atoms with E-state index in [2.05, 4.69) is 0 Å². The molecule has 0 unspecified atom stereocenters. The molecule has 3 aromatic carbocycles. The van der Waals surface area contributed by atoms with Crippen LogP contribution < -0.4 is 9.64 Å². The van der Waals surface area contributed by atoms with Crippen molar-refractivity contribution < 1.29 is 19.4 Å². The Hall–Kier alpha value is -3.86. The van der Waals surface area contributed by atoms with Crippen LogP contribution in [0, 0.1) is 6.92 Å². The lowest BCUT2D eigenvalue weighted by Crippen LogP contribution is -2.29. The Morgan fingerprint density at radius 1 is 0.933 bits per heavy atom. The highest BCUT2D eigenvalue weighted by atomic mass is 16.5. The van der Waals surface area contributed by atoms with Crippen molar-refractivity contribution in [1.82, 2.24) is 0 Å². The molecule has 5 heteroatoms. The van der Waals surface area contributed by atoms with Gasteiger partial charge in [0.05, 0.1) is 18.7 Å². The molecule has 4 rings (SSSR count). The number of nitrogens with zero attached hydrogens (tertiary/aromatic N) is 1. The first kappa shape index (κ1) is 19.5. The Labute approximate surface area is 174 Å². The monoisotopic (exact) mass is 399 g/mol. The standard InChI is InChI=1S/C25H21NO4/c1-16-9-8-12-18(15-16)26-22(19-13-6-7-14-20(19)30-2)21(24(28)25(26)29)23(27)17-10-4-3-5-11-17/h3-15,22,27H,1-2H3/b23-21+/t22-/m1/s1. The first-order chi connectivity index (χ1) is 14.5. The van der Waals surface area contributed by atoms with E-state index in [1.807, 2.05) is 43.3 Å². The van der Waals surface area contributed by atoms with Crippen molar-refractivity contribution in [1.29, 1.82) is 0 Å². The smallest absolute Gasteiger partial charge is 0.300 e. The van der Waals surface area contributed by atoms with Crippen molar-refractivity contribution in [3.05, 3.63) is 101 Å². The van der Waals surface area contributed by atoms with Crippen LogP contribution in [0.25, 0.3) is 5.76 Å². The number of benzene rings is 3. The molecule has 0 bridgehead atoms. The van der Waals surface area contributed by atoms with Gasteiger partial charge in [-0.25, -0.2) is 0 Å². The molecule has 1 atom stereocenters. The van der Waals surface area contributed by atoms with E-state index in [0.717, 1.165) is 5.56 Å². The lowest BCUT2D eigenvalue weighted by atomic mass is 9.94. The van der Waals surface area contributed by atoms with Gasteiger partial charge in [0, 0.05) is 16.8 Å². The topological polar surface area (TPSA) is 66.8 Å². The molecule has 0 spiro atoms. The van der Waals surface area contributed by atoms with Gasteiger partial charge in [-0.05, 0) is 30.7 Å². The van der Waals surface area contributed by atoms with Gasteiger partial charge in [-0.1, -0.05) is 60.7 Å². The number of amides is 1. The van der Waals surface area contributed by atoms with Crippen molar-refractivity contribution in [3.63, 3.8) is 0 Å². The number of carbonyl (C=O) groups excluding carboxylic acids is 2. The number of aryl methyl sites for hydroxylation is 1. The highest BCUT2D eigenvalue weighted by Gasteiger charge is 2.47. The number of aliphatic hydroxyl groups excluding tert-OH is 1. The number of aliphatic hydroxyl groups is 1. The number of carbonyl (C=O) groups is 2. The summed E-state index contributed by atoms with van der Waals surface area (Å²) in [5, 5.41) is 11.1. The Kier molecular flexibility index (Phi) is 5.11. The van der Waals surface area contributed by atoms with E-state index < -0.39 is 17.7 Å². The summed E-state index contributed by atoms with van der Waals surface area (Å²) in [6, 6.07) is 22.5. The quantitative estimate of drug-likeness (QED) is 0.395. The molecule has 1 aliphatic heterocycles. The molecule has 1 aliphatic rings. The molecule has 0 radical (unpaired) electrons. The fourth-order valence-corrected chi connectivity index (χ4v) is 3.81. The van der Waals surface area contributed by atoms with Crippen molar-refractivity contribution in [2.24, 2.45) is 0 Å². The van der Waals surface area contributed by atoms with Crippen LogP contribution in [0.2, 0.25) is 0 Å². The van der Waals surface area contributed by atoms with Crippen molar-refractivity contribution >= 4 is 23.1 Å². The van der Waals surface area contributed by atoms with E-state index in [4.69, 9.17) is 4.74 Å². The Morgan fingerprint density at radius 3 is 2.33 bits per heavy atom. The maximum atomic E-state index is 13.1. The zero-order valence-electron chi connectivity index (χ0n) is 16.7. The van der Waals surface area contributed by atoms with Crippen LogP contribution in [0.4, 0.5) is 5.69 Å². The Bertz CT molecular complexity index is 1150. The van der Waals surface area contributed by atoms with Gasteiger partial charge in [0.15, 0.2) is 0 Å². The van der Waals surface area contributed by atoms with Gasteiger partial charge >= 0.3 is 0 Å². The number of hydrogen-bond acceptors (Lipinski definition) is 4. The molecule has 1 N–H and O–H groups in total. The number of ether oxygens (including phenoxy) is 1. The largest absolute Gasteiger partial charge is 0.507 e. The van der Waals surface area contributed by atoms with Gasteiger partial charge in [-0.15, -0.1) is 0 Å². The lowest BCUT2D eigenvalue weighted by Gasteiger charge is -2.26. The third-order valence-corrected chi connectivity index (χ3v) is 5.20. The predicted octanol–water partition coefficient (Wildman–Crippen LogP) is 4.63. The summed E-state index contributed by atoms with van der Waals surface area (Å²) in [5.41, 5.74) is 2.67.